The first-order valence-electron chi connectivity index (χ1n) is 48.1. The minimum Gasteiger partial charge on any atom is -0.462 e. The van der Waals surface area contributed by atoms with E-state index in [0.29, 0.717) is 25.7 Å². The summed E-state index contributed by atoms with van der Waals surface area (Å²) in [6, 6.07) is 0. The second-order valence-electron chi connectivity index (χ2n) is 33.9. The van der Waals surface area contributed by atoms with Crippen LogP contribution in [0, 0.1) is 5.92 Å². The number of carbonyl (C=O) groups excluding carboxylic acids is 4. The van der Waals surface area contributed by atoms with Gasteiger partial charge in [-0.15, -0.1) is 0 Å². The fourth-order valence-corrected chi connectivity index (χ4v) is 16.3. The molecule has 0 aromatic rings. The Morgan fingerprint density at radius 3 is 0.607 bits per heavy atom. The molecule has 0 aromatic carbocycles. The van der Waals surface area contributed by atoms with Crippen molar-refractivity contribution < 1.29 is 80.2 Å². The number of unbranched alkanes of at least 4 members (excludes halogenated alkanes) is 65. The van der Waals surface area contributed by atoms with Crippen molar-refractivity contribution in [3.05, 3.63) is 0 Å². The zero-order chi connectivity index (χ0) is 81.8. The van der Waals surface area contributed by atoms with E-state index in [-0.39, 0.29) is 25.7 Å². The van der Waals surface area contributed by atoms with Crippen molar-refractivity contribution in [2.45, 2.75) is 528 Å². The average molecular weight is 1630 g/mol. The topological polar surface area (TPSA) is 237 Å². The number of aliphatic hydroxyl groups excluding tert-OH is 1. The molecule has 0 bridgehead atoms. The molecule has 0 saturated carbocycles. The molecule has 0 heterocycles. The molecule has 5 atom stereocenters. The quantitative estimate of drug-likeness (QED) is 0.0222. The lowest BCUT2D eigenvalue weighted by Crippen LogP contribution is -2.30. The molecule has 0 aromatic heterocycles. The molecule has 3 N–H and O–H groups in total. The van der Waals surface area contributed by atoms with Gasteiger partial charge in [0.25, 0.3) is 0 Å². The van der Waals surface area contributed by atoms with Crippen LogP contribution in [0.1, 0.15) is 510 Å². The molecular formula is C93H182O17P2. The van der Waals surface area contributed by atoms with Crippen molar-refractivity contribution >= 4 is 39.5 Å². The van der Waals surface area contributed by atoms with Crippen molar-refractivity contribution in [1.29, 1.82) is 0 Å². The number of phosphoric acid groups is 2. The lowest BCUT2D eigenvalue weighted by molar-refractivity contribution is -0.161. The van der Waals surface area contributed by atoms with Crippen LogP contribution in [-0.2, 0) is 65.4 Å². The van der Waals surface area contributed by atoms with Crippen molar-refractivity contribution in [1.82, 2.24) is 0 Å². The highest BCUT2D eigenvalue weighted by Crippen LogP contribution is 2.45. The van der Waals surface area contributed by atoms with Crippen LogP contribution in [0.15, 0.2) is 0 Å². The molecule has 0 aliphatic rings. The molecule has 0 radical (unpaired) electrons. The molecule has 2 unspecified atom stereocenters. The first-order valence-corrected chi connectivity index (χ1v) is 51.1. The average Bonchev–Trinajstić information content (AvgIpc) is 0.898. The number of rotatable bonds is 93. The van der Waals surface area contributed by atoms with Gasteiger partial charge in [0.15, 0.2) is 12.2 Å². The lowest BCUT2D eigenvalue weighted by Gasteiger charge is -2.21. The predicted octanol–water partition coefficient (Wildman–Crippen LogP) is 29.1. The van der Waals surface area contributed by atoms with Gasteiger partial charge in [0.2, 0.25) is 0 Å². The van der Waals surface area contributed by atoms with Gasteiger partial charge in [-0.25, -0.2) is 9.13 Å². The van der Waals surface area contributed by atoms with Gasteiger partial charge in [0, 0.05) is 25.7 Å². The molecule has 0 fully saturated rings. The van der Waals surface area contributed by atoms with Crippen LogP contribution in [0.5, 0.6) is 0 Å². The zero-order valence-electron chi connectivity index (χ0n) is 73.8. The molecule has 17 nitrogen and oxygen atoms in total. The number of phosphoric ester groups is 2. The molecule has 0 saturated heterocycles. The van der Waals surface area contributed by atoms with Gasteiger partial charge >= 0.3 is 39.5 Å². The Hall–Kier alpha value is -1.94. The number of hydrogen-bond acceptors (Lipinski definition) is 15. The summed E-state index contributed by atoms with van der Waals surface area (Å²) in [5.74, 6) is -1.29. The van der Waals surface area contributed by atoms with Gasteiger partial charge in [-0.3, -0.25) is 37.3 Å². The van der Waals surface area contributed by atoms with Crippen LogP contribution < -0.4 is 0 Å². The monoisotopic (exact) mass is 1630 g/mol. The van der Waals surface area contributed by atoms with E-state index < -0.39 is 97.5 Å². The Balaban J connectivity index is 5.25. The van der Waals surface area contributed by atoms with Crippen molar-refractivity contribution in [2.75, 3.05) is 39.6 Å². The van der Waals surface area contributed by atoms with E-state index in [1.54, 1.807) is 0 Å². The normalized spacial score (nSPS) is 13.7. The summed E-state index contributed by atoms with van der Waals surface area (Å²) >= 11 is 0. The van der Waals surface area contributed by atoms with E-state index in [9.17, 15) is 43.2 Å². The van der Waals surface area contributed by atoms with Crippen LogP contribution in [0.25, 0.3) is 0 Å². The Bertz CT molecular complexity index is 2120. The van der Waals surface area contributed by atoms with Gasteiger partial charge < -0.3 is 33.8 Å². The third-order valence-corrected chi connectivity index (χ3v) is 23.9. The van der Waals surface area contributed by atoms with Crippen LogP contribution in [0.2, 0.25) is 0 Å². The van der Waals surface area contributed by atoms with E-state index in [1.165, 1.54) is 334 Å². The van der Waals surface area contributed by atoms with Crippen LogP contribution in [0.3, 0.4) is 0 Å². The van der Waals surface area contributed by atoms with E-state index in [1.807, 2.05) is 0 Å². The van der Waals surface area contributed by atoms with Gasteiger partial charge in [0.05, 0.1) is 26.4 Å². The molecule has 0 rings (SSSR count). The van der Waals surface area contributed by atoms with E-state index in [0.717, 1.165) is 95.8 Å². The highest BCUT2D eigenvalue weighted by Gasteiger charge is 2.31. The number of esters is 4. The van der Waals surface area contributed by atoms with Gasteiger partial charge in [0.1, 0.15) is 19.3 Å². The van der Waals surface area contributed by atoms with Crippen LogP contribution in [-0.4, -0.2) is 96.7 Å². The molecule has 0 amide bonds. The Labute approximate surface area is 689 Å². The summed E-state index contributed by atoms with van der Waals surface area (Å²) in [5.41, 5.74) is 0. The summed E-state index contributed by atoms with van der Waals surface area (Å²) in [6.45, 7) is 7.44. The second kappa shape index (κ2) is 85.5. The SMILES string of the molecule is CCCCCCCCCCCCCCCCCCCCCCCC(=O)O[C@H](COC(=O)CCCCCCCCCCCCCCCCCCCCCC)COP(=O)(O)OC[C@@H](O)COP(=O)(O)OC[C@@H](COC(=O)CCCCCCCCCCCCCCC)OC(=O)CCCCCCCCCCCCCCCCCC(C)C. The molecule has 112 heavy (non-hydrogen) atoms. The predicted molar refractivity (Wildman–Crippen MR) is 465 cm³/mol. The van der Waals surface area contributed by atoms with E-state index in [2.05, 4.69) is 34.6 Å². The molecular weight excluding hydrogens is 1450 g/mol. The Kier molecular flexibility index (Phi) is 84.0. The fourth-order valence-electron chi connectivity index (χ4n) is 14.7. The summed E-state index contributed by atoms with van der Waals surface area (Å²) in [7, 11) is -9.94. The first kappa shape index (κ1) is 110. The van der Waals surface area contributed by atoms with Gasteiger partial charge in [-0.1, -0.05) is 458 Å². The Morgan fingerprint density at radius 1 is 0.241 bits per heavy atom. The smallest absolute Gasteiger partial charge is 0.462 e. The van der Waals surface area contributed by atoms with Gasteiger partial charge in [-0.05, 0) is 31.6 Å². The molecule has 0 aliphatic heterocycles. The lowest BCUT2D eigenvalue weighted by atomic mass is 10.0. The van der Waals surface area contributed by atoms with Gasteiger partial charge in [-0.2, -0.15) is 0 Å². The molecule has 19 heteroatoms. The molecule has 666 valence electrons. The maximum absolute atomic E-state index is 13.2. The van der Waals surface area contributed by atoms with Crippen LogP contribution in [0.4, 0.5) is 0 Å². The minimum atomic E-state index is -4.97. The first-order chi connectivity index (χ1) is 54.5. The zero-order valence-corrected chi connectivity index (χ0v) is 75.6. The summed E-state index contributed by atoms with van der Waals surface area (Å²) in [5, 5.41) is 10.7. The largest absolute Gasteiger partial charge is 0.472 e. The van der Waals surface area contributed by atoms with Crippen LogP contribution >= 0.6 is 15.6 Å². The number of ether oxygens (including phenoxy) is 4. The van der Waals surface area contributed by atoms with Crippen molar-refractivity contribution in [2.24, 2.45) is 5.92 Å². The van der Waals surface area contributed by atoms with Crippen molar-refractivity contribution in [3.63, 3.8) is 0 Å². The maximum Gasteiger partial charge on any atom is 0.472 e. The number of aliphatic hydroxyl groups is 1. The highest BCUT2D eigenvalue weighted by atomic mass is 31.2. The third kappa shape index (κ3) is 85.9. The van der Waals surface area contributed by atoms with Crippen molar-refractivity contribution in [3.8, 4) is 0 Å². The fraction of sp³-hybridized carbons (Fsp3) is 0.957. The number of carbonyl (C=O) groups is 4. The maximum atomic E-state index is 13.2. The minimum absolute atomic E-state index is 0.109. The van der Waals surface area contributed by atoms with E-state index in [4.69, 9.17) is 37.0 Å². The third-order valence-electron chi connectivity index (χ3n) is 22.0. The molecule has 0 spiro atoms. The second-order valence-corrected chi connectivity index (χ2v) is 36.8. The number of hydrogen-bond donors (Lipinski definition) is 3. The summed E-state index contributed by atoms with van der Waals surface area (Å²) in [4.78, 5) is 73.5. The Morgan fingerprint density at radius 2 is 0.411 bits per heavy atom. The summed E-state index contributed by atoms with van der Waals surface area (Å²) in [6.07, 6.45) is 82.0. The molecule has 0 aliphatic carbocycles. The standard InChI is InChI=1S/C93H182O17P2/c1-6-9-12-15-18-21-24-27-29-31-33-35-37-39-43-48-53-58-63-68-73-78-92(97)110-89(83-104-91(96)77-72-67-62-57-52-47-42-38-36-34-32-30-28-25-22-19-16-13-10-7-2)85-108-112(101,102)106-81-87(94)80-105-111(99,100)107-84-88(82-103-90(95)76-71-66-61-56-51-45-26-23-20-17-14-11-8-3)109-93(98)79-74-69-64-59-54-49-44-40-41-46-50-55-60-65-70-75-86(4)5/h86-89,94H,6-85H2,1-5H3,(H,99,100)(H,101,102)/t87-,88+,89+/m0/s1. The van der Waals surface area contributed by atoms with E-state index >= 15 is 0 Å². The highest BCUT2D eigenvalue weighted by molar-refractivity contribution is 7.47. The summed E-state index contributed by atoms with van der Waals surface area (Å²) < 4.78 is 69.2.